The molecule has 0 aliphatic heterocycles. The van der Waals surface area contributed by atoms with Crippen molar-refractivity contribution in [1.29, 1.82) is 0 Å². The number of rotatable bonds is 3. The molecule has 1 saturated carbocycles. The molecule has 1 aliphatic carbocycles. The van der Waals surface area contributed by atoms with Gasteiger partial charge >= 0.3 is 0 Å². The molecule has 0 unspecified atom stereocenters. The molecule has 2 heteroatoms. The van der Waals surface area contributed by atoms with E-state index in [2.05, 4.69) is 0 Å². The van der Waals surface area contributed by atoms with Crippen molar-refractivity contribution in [2.24, 2.45) is 0 Å². The van der Waals surface area contributed by atoms with E-state index in [0.29, 0.717) is 5.56 Å². The topological polar surface area (TPSA) is 17.1 Å². The lowest BCUT2D eigenvalue weighted by molar-refractivity contribution is 0.101. The predicted molar refractivity (Wildman–Crippen MR) is 62.6 cm³/mol. The highest BCUT2D eigenvalue weighted by atomic mass is 19.1. The van der Waals surface area contributed by atoms with E-state index in [0.717, 1.165) is 31.2 Å². The van der Waals surface area contributed by atoms with Gasteiger partial charge in [-0.1, -0.05) is 37.1 Å². The maximum atomic E-state index is 13.4. The molecule has 16 heavy (non-hydrogen) atoms. The Labute approximate surface area is 95.7 Å². The van der Waals surface area contributed by atoms with E-state index < -0.39 is 0 Å². The third kappa shape index (κ3) is 1.77. The fourth-order valence-corrected chi connectivity index (χ4v) is 2.78. The predicted octanol–water partition coefficient (Wildman–Crippen LogP) is 3.67. The summed E-state index contributed by atoms with van der Waals surface area (Å²) in [5, 5.41) is 0. The molecular weight excluding hydrogens is 203 g/mol. The van der Waals surface area contributed by atoms with Crippen LogP contribution in [-0.4, -0.2) is 12.5 Å². The summed E-state index contributed by atoms with van der Waals surface area (Å²) in [6.45, 7) is 1.21. The van der Waals surface area contributed by atoms with E-state index in [1.165, 1.54) is 0 Å². The summed E-state index contributed by atoms with van der Waals surface area (Å²) >= 11 is 0. The summed E-state index contributed by atoms with van der Waals surface area (Å²) < 4.78 is 13.4. The molecule has 0 bridgehead atoms. The normalized spacial score (nSPS) is 18.6. The van der Waals surface area contributed by atoms with Gasteiger partial charge in [-0.3, -0.25) is 9.18 Å². The molecule has 86 valence electrons. The van der Waals surface area contributed by atoms with Gasteiger partial charge in [0.15, 0.2) is 5.78 Å². The Morgan fingerprint density at radius 1 is 1.31 bits per heavy atom. The minimum Gasteiger partial charge on any atom is -0.295 e. The lowest BCUT2D eigenvalue weighted by Crippen LogP contribution is -2.27. The zero-order valence-corrected chi connectivity index (χ0v) is 9.63. The Bertz CT molecular complexity index is 391. The molecule has 1 nitrogen and oxygen atoms in total. The minimum absolute atomic E-state index is 0.0373. The largest absolute Gasteiger partial charge is 0.295 e. The second-order valence-corrected chi connectivity index (χ2v) is 4.72. The van der Waals surface area contributed by atoms with E-state index in [4.69, 9.17) is 0 Å². The summed E-state index contributed by atoms with van der Waals surface area (Å²) in [5.74, 6) is 0.0373. The van der Waals surface area contributed by atoms with Crippen molar-refractivity contribution in [3.63, 3.8) is 0 Å². The standard InChI is InChI=1S/C14H17FO/c1-11(16)12-6-2-3-7-13(12)14(10-15)8-4-5-9-14/h2-3,6-7H,4-5,8-10H2,1H3. The van der Waals surface area contributed by atoms with Crippen LogP contribution in [0.1, 0.15) is 48.5 Å². The van der Waals surface area contributed by atoms with Crippen LogP contribution >= 0.6 is 0 Å². The van der Waals surface area contributed by atoms with Gasteiger partial charge in [-0.2, -0.15) is 0 Å². The van der Waals surface area contributed by atoms with Crippen LogP contribution in [0.4, 0.5) is 4.39 Å². The van der Waals surface area contributed by atoms with Gasteiger partial charge in [0.05, 0.1) is 6.67 Å². The van der Waals surface area contributed by atoms with Crippen molar-refractivity contribution in [2.75, 3.05) is 6.67 Å². The number of Topliss-reactive ketones (excluding diaryl/α,β-unsaturated/α-hetero) is 1. The van der Waals surface area contributed by atoms with Crippen LogP contribution in [0.5, 0.6) is 0 Å². The molecule has 1 aromatic carbocycles. The fraction of sp³-hybridized carbons (Fsp3) is 0.500. The average molecular weight is 220 g/mol. The number of ketones is 1. The van der Waals surface area contributed by atoms with Crippen LogP contribution in [0.2, 0.25) is 0 Å². The second kappa shape index (κ2) is 4.36. The third-order valence-corrected chi connectivity index (χ3v) is 3.69. The summed E-state index contributed by atoms with van der Waals surface area (Å²) in [7, 11) is 0. The van der Waals surface area contributed by atoms with E-state index in [-0.39, 0.29) is 17.9 Å². The van der Waals surface area contributed by atoms with Crippen molar-refractivity contribution in [2.45, 2.75) is 38.0 Å². The van der Waals surface area contributed by atoms with Gasteiger partial charge < -0.3 is 0 Å². The van der Waals surface area contributed by atoms with Gasteiger partial charge in [-0.15, -0.1) is 0 Å². The van der Waals surface area contributed by atoms with Gasteiger partial charge in [0.1, 0.15) is 0 Å². The molecule has 0 spiro atoms. The van der Waals surface area contributed by atoms with Gasteiger partial charge in [0.2, 0.25) is 0 Å². The second-order valence-electron chi connectivity index (χ2n) is 4.72. The molecule has 0 N–H and O–H groups in total. The highest BCUT2D eigenvalue weighted by Crippen LogP contribution is 2.42. The number of alkyl halides is 1. The van der Waals surface area contributed by atoms with E-state index in [9.17, 15) is 9.18 Å². The van der Waals surface area contributed by atoms with Crippen molar-refractivity contribution in [3.05, 3.63) is 35.4 Å². The molecule has 2 rings (SSSR count). The van der Waals surface area contributed by atoms with Gasteiger partial charge in [0, 0.05) is 11.0 Å². The molecule has 0 radical (unpaired) electrons. The van der Waals surface area contributed by atoms with Crippen LogP contribution in [0.25, 0.3) is 0 Å². The Hall–Kier alpha value is -1.18. The highest BCUT2D eigenvalue weighted by molar-refractivity contribution is 5.96. The zero-order chi connectivity index (χ0) is 11.6. The Balaban J connectivity index is 2.49. The SMILES string of the molecule is CC(=O)c1ccccc1C1(CF)CCCC1. The Morgan fingerprint density at radius 2 is 1.94 bits per heavy atom. The van der Waals surface area contributed by atoms with Crippen LogP contribution in [0.15, 0.2) is 24.3 Å². The summed E-state index contributed by atoms with van der Waals surface area (Å²) in [5.41, 5.74) is 1.23. The van der Waals surface area contributed by atoms with Crippen molar-refractivity contribution in [3.8, 4) is 0 Å². The Kier molecular flexibility index (Phi) is 3.08. The zero-order valence-electron chi connectivity index (χ0n) is 9.63. The first kappa shape index (κ1) is 11.3. The highest BCUT2D eigenvalue weighted by Gasteiger charge is 2.37. The van der Waals surface area contributed by atoms with E-state index in [1.807, 2.05) is 24.3 Å². The molecule has 0 amide bonds. The molecule has 0 heterocycles. The summed E-state index contributed by atoms with van der Waals surface area (Å²) in [6, 6.07) is 7.48. The van der Waals surface area contributed by atoms with Crippen molar-refractivity contribution < 1.29 is 9.18 Å². The molecule has 1 aromatic rings. The van der Waals surface area contributed by atoms with Crippen LogP contribution < -0.4 is 0 Å². The first-order chi connectivity index (χ1) is 7.69. The molecule has 1 aliphatic rings. The van der Waals surface area contributed by atoms with E-state index in [1.54, 1.807) is 6.92 Å². The summed E-state index contributed by atoms with van der Waals surface area (Å²) in [4.78, 5) is 11.6. The first-order valence-corrected chi connectivity index (χ1v) is 5.86. The maximum Gasteiger partial charge on any atom is 0.160 e. The number of hydrogen-bond donors (Lipinski definition) is 0. The smallest absolute Gasteiger partial charge is 0.160 e. The molecule has 0 atom stereocenters. The number of halogens is 1. The molecule has 0 aromatic heterocycles. The van der Waals surface area contributed by atoms with E-state index >= 15 is 0 Å². The number of benzene rings is 1. The third-order valence-electron chi connectivity index (χ3n) is 3.69. The molecule has 1 fully saturated rings. The number of carbonyl (C=O) groups excluding carboxylic acids is 1. The van der Waals surface area contributed by atoms with Gasteiger partial charge in [-0.05, 0) is 25.3 Å². The first-order valence-electron chi connectivity index (χ1n) is 5.86. The lowest BCUT2D eigenvalue weighted by atomic mass is 9.77. The van der Waals surface area contributed by atoms with Crippen molar-refractivity contribution in [1.82, 2.24) is 0 Å². The van der Waals surface area contributed by atoms with Crippen molar-refractivity contribution >= 4 is 5.78 Å². The summed E-state index contributed by atoms with van der Waals surface area (Å²) in [6.07, 6.45) is 3.87. The van der Waals surface area contributed by atoms with Crippen LogP contribution in [0, 0.1) is 0 Å². The number of hydrogen-bond acceptors (Lipinski definition) is 1. The monoisotopic (exact) mass is 220 g/mol. The van der Waals surface area contributed by atoms with Crippen LogP contribution in [0.3, 0.4) is 0 Å². The Morgan fingerprint density at radius 3 is 2.50 bits per heavy atom. The minimum atomic E-state index is -0.387. The lowest BCUT2D eigenvalue weighted by Gasteiger charge is -2.27. The van der Waals surface area contributed by atoms with Crippen LogP contribution in [-0.2, 0) is 5.41 Å². The maximum absolute atomic E-state index is 13.4. The average Bonchev–Trinajstić information content (AvgIpc) is 2.78. The van der Waals surface area contributed by atoms with Gasteiger partial charge in [0.25, 0.3) is 0 Å². The van der Waals surface area contributed by atoms with Gasteiger partial charge in [-0.25, -0.2) is 0 Å². The molecule has 0 saturated heterocycles. The quantitative estimate of drug-likeness (QED) is 0.710. The molecular formula is C14H17FO. The fourth-order valence-electron chi connectivity index (χ4n) is 2.78. The number of carbonyl (C=O) groups is 1.